The van der Waals surface area contributed by atoms with Gasteiger partial charge in [0.2, 0.25) is 0 Å². The minimum Gasteiger partial charge on any atom is -0.308 e. The Kier molecular flexibility index (Phi) is 4.63. The van der Waals surface area contributed by atoms with Crippen molar-refractivity contribution in [1.29, 1.82) is 0 Å². The summed E-state index contributed by atoms with van der Waals surface area (Å²) in [5.41, 5.74) is 1.77. The molecule has 116 valence electrons. The Balaban J connectivity index is 1.81. The zero-order chi connectivity index (χ0) is 14.9. The SMILES string of the molecule is CSCC(C)N1CC(C)(C2CC2)NCC1c1ccccc1. The first-order chi connectivity index (χ1) is 10.1. The Labute approximate surface area is 133 Å². The van der Waals surface area contributed by atoms with Gasteiger partial charge in [-0.1, -0.05) is 30.3 Å². The molecule has 0 spiro atoms. The molecule has 0 aromatic heterocycles. The Morgan fingerprint density at radius 1 is 1.33 bits per heavy atom. The summed E-state index contributed by atoms with van der Waals surface area (Å²) >= 11 is 1.96. The third kappa shape index (κ3) is 3.30. The third-order valence-corrected chi connectivity index (χ3v) is 6.06. The molecule has 3 rings (SSSR count). The molecule has 1 saturated heterocycles. The minimum absolute atomic E-state index is 0.317. The van der Waals surface area contributed by atoms with Gasteiger partial charge in [0.1, 0.15) is 0 Å². The van der Waals surface area contributed by atoms with Gasteiger partial charge in [-0.2, -0.15) is 11.8 Å². The number of nitrogens with one attached hydrogen (secondary N) is 1. The van der Waals surface area contributed by atoms with Crippen molar-refractivity contribution in [3.63, 3.8) is 0 Å². The molecule has 1 aliphatic carbocycles. The molecule has 2 aliphatic rings. The highest BCUT2D eigenvalue weighted by Crippen LogP contribution is 2.43. The van der Waals surface area contributed by atoms with Crippen LogP contribution in [0, 0.1) is 5.92 Å². The molecule has 0 radical (unpaired) electrons. The maximum absolute atomic E-state index is 3.88. The summed E-state index contributed by atoms with van der Waals surface area (Å²) < 4.78 is 0. The first-order valence-corrected chi connectivity index (χ1v) is 9.58. The molecule has 0 bridgehead atoms. The van der Waals surface area contributed by atoms with E-state index < -0.39 is 0 Å². The molecular formula is C18H28N2S. The van der Waals surface area contributed by atoms with Crippen LogP contribution in [0.1, 0.15) is 38.3 Å². The van der Waals surface area contributed by atoms with Crippen LogP contribution < -0.4 is 5.32 Å². The van der Waals surface area contributed by atoms with E-state index in [9.17, 15) is 0 Å². The van der Waals surface area contributed by atoms with Gasteiger partial charge in [0, 0.05) is 36.5 Å². The standard InChI is InChI=1S/C18H28N2S/c1-14(12-21-3)20-13-18(2,16-9-10-16)19-11-17(20)15-7-5-4-6-8-15/h4-8,14,16-17,19H,9-13H2,1-3H3. The number of thioether (sulfide) groups is 1. The molecule has 1 aliphatic heterocycles. The second kappa shape index (κ2) is 6.31. The van der Waals surface area contributed by atoms with Crippen LogP contribution in [0.15, 0.2) is 30.3 Å². The fourth-order valence-electron chi connectivity index (χ4n) is 3.77. The van der Waals surface area contributed by atoms with Gasteiger partial charge in [0.15, 0.2) is 0 Å². The molecule has 3 unspecified atom stereocenters. The highest BCUT2D eigenvalue weighted by Gasteiger charge is 2.47. The normalized spacial score (nSPS) is 32.0. The molecular weight excluding hydrogens is 276 g/mol. The zero-order valence-corrected chi connectivity index (χ0v) is 14.3. The minimum atomic E-state index is 0.317. The molecule has 0 amide bonds. The van der Waals surface area contributed by atoms with Crippen LogP contribution >= 0.6 is 11.8 Å². The van der Waals surface area contributed by atoms with Gasteiger partial charge in [-0.25, -0.2) is 0 Å². The first-order valence-electron chi connectivity index (χ1n) is 8.19. The van der Waals surface area contributed by atoms with E-state index in [1.807, 2.05) is 11.8 Å². The molecule has 3 atom stereocenters. The topological polar surface area (TPSA) is 15.3 Å². The van der Waals surface area contributed by atoms with Gasteiger partial charge in [-0.3, -0.25) is 4.90 Å². The number of piperazine rings is 1. The lowest BCUT2D eigenvalue weighted by Gasteiger charge is -2.49. The van der Waals surface area contributed by atoms with E-state index in [1.54, 1.807) is 0 Å². The van der Waals surface area contributed by atoms with Crippen molar-refractivity contribution >= 4 is 11.8 Å². The number of hydrogen-bond donors (Lipinski definition) is 1. The van der Waals surface area contributed by atoms with Crippen molar-refractivity contribution in [2.24, 2.45) is 5.92 Å². The Morgan fingerprint density at radius 3 is 2.67 bits per heavy atom. The van der Waals surface area contributed by atoms with E-state index in [0.717, 1.165) is 12.5 Å². The fraction of sp³-hybridized carbons (Fsp3) is 0.667. The Bertz CT molecular complexity index is 460. The Hall–Kier alpha value is -0.510. The monoisotopic (exact) mass is 304 g/mol. The van der Waals surface area contributed by atoms with Crippen molar-refractivity contribution in [2.45, 2.75) is 44.3 Å². The van der Waals surface area contributed by atoms with Gasteiger partial charge >= 0.3 is 0 Å². The van der Waals surface area contributed by atoms with Crippen molar-refractivity contribution in [2.75, 3.05) is 25.1 Å². The van der Waals surface area contributed by atoms with Crippen LogP contribution in [-0.2, 0) is 0 Å². The largest absolute Gasteiger partial charge is 0.308 e. The zero-order valence-electron chi connectivity index (χ0n) is 13.5. The second-order valence-electron chi connectivity index (χ2n) is 6.98. The van der Waals surface area contributed by atoms with E-state index in [-0.39, 0.29) is 0 Å². The Morgan fingerprint density at radius 2 is 2.05 bits per heavy atom. The maximum Gasteiger partial charge on any atom is 0.0476 e. The van der Waals surface area contributed by atoms with E-state index in [1.165, 1.54) is 30.7 Å². The summed E-state index contributed by atoms with van der Waals surface area (Å²) in [6.45, 7) is 7.09. The quantitative estimate of drug-likeness (QED) is 0.895. The summed E-state index contributed by atoms with van der Waals surface area (Å²) in [5.74, 6) is 2.10. The van der Waals surface area contributed by atoms with Gasteiger partial charge < -0.3 is 5.32 Å². The number of benzene rings is 1. The smallest absolute Gasteiger partial charge is 0.0476 e. The molecule has 21 heavy (non-hydrogen) atoms. The highest BCUT2D eigenvalue weighted by molar-refractivity contribution is 7.98. The van der Waals surface area contributed by atoms with E-state index >= 15 is 0 Å². The van der Waals surface area contributed by atoms with Crippen LogP contribution in [0.25, 0.3) is 0 Å². The molecule has 2 nitrogen and oxygen atoms in total. The third-order valence-electron chi connectivity index (χ3n) is 5.25. The number of rotatable bonds is 5. The maximum atomic E-state index is 3.88. The lowest BCUT2D eigenvalue weighted by atomic mass is 9.88. The van der Waals surface area contributed by atoms with Crippen molar-refractivity contribution in [3.05, 3.63) is 35.9 Å². The van der Waals surface area contributed by atoms with E-state index in [2.05, 4.69) is 60.7 Å². The molecule has 3 heteroatoms. The number of nitrogens with zero attached hydrogens (tertiary/aromatic N) is 1. The van der Waals surface area contributed by atoms with Crippen LogP contribution in [0.2, 0.25) is 0 Å². The molecule has 1 heterocycles. The summed E-state index contributed by atoms with van der Waals surface area (Å²) in [5, 5.41) is 3.88. The second-order valence-corrected chi connectivity index (χ2v) is 7.89. The van der Waals surface area contributed by atoms with Crippen molar-refractivity contribution < 1.29 is 0 Å². The summed E-state index contributed by atoms with van der Waals surface area (Å²) in [6, 6.07) is 12.2. The van der Waals surface area contributed by atoms with E-state index in [4.69, 9.17) is 0 Å². The molecule has 1 aromatic carbocycles. The predicted molar refractivity (Wildman–Crippen MR) is 92.9 cm³/mol. The highest BCUT2D eigenvalue weighted by atomic mass is 32.2. The molecule has 1 aromatic rings. The van der Waals surface area contributed by atoms with Crippen LogP contribution in [0.3, 0.4) is 0 Å². The summed E-state index contributed by atoms with van der Waals surface area (Å²) in [6.07, 6.45) is 5.03. The van der Waals surface area contributed by atoms with Crippen molar-refractivity contribution in [3.8, 4) is 0 Å². The molecule has 2 fully saturated rings. The van der Waals surface area contributed by atoms with Crippen LogP contribution in [0.4, 0.5) is 0 Å². The van der Waals surface area contributed by atoms with Crippen LogP contribution in [0.5, 0.6) is 0 Å². The lowest BCUT2D eigenvalue weighted by molar-refractivity contribution is 0.0509. The van der Waals surface area contributed by atoms with Gasteiger partial charge in [-0.05, 0) is 44.4 Å². The average molecular weight is 305 g/mol. The van der Waals surface area contributed by atoms with Gasteiger partial charge in [0.25, 0.3) is 0 Å². The summed E-state index contributed by atoms with van der Waals surface area (Å²) in [4.78, 5) is 2.75. The lowest BCUT2D eigenvalue weighted by Crippen LogP contribution is -2.62. The predicted octanol–water partition coefficient (Wildman–Crippen LogP) is 3.55. The van der Waals surface area contributed by atoms with Crippen LogP contribution in [-0.4, -0.2) is 41.6 Å². The fourth-order valence-corrected chi connectivity index (χ4v) is 4.44. The van der Waals surface area contributed by atoms with Gasteiger partial charge in [-0.15, -0.1) is 0 Å². The summed E-state index contributed by atoms with van der Waals surface area (Å²) in [7, 11) is 0. The first kappa shape index (κ1) is 15.4. The average Bonchev–Trinajstić information content (AvgIpc) is 3.33. The van der Waals surface area contributed by atoms with E-state index in [0.29, 0.717) is 17.6 Å². The number of hydrogen-bond acceptors (Lipinski definition) is 3. The van der Waals surface area contributed by atoms with Gasteiger partial charge in [0.05, 0.1) is 0 Å². The van der Waals surface area contributed by atoms with Crippen molar-refractivity contribution in [1.82, 2.24) is 10.2 Å². The molecule has 1 saturated carbocycles. The molecule has 1 N–H and O–H groups in total.